The number of sulfone groups is 1. The first-order chi connectivity index (χ1) is 6.62. The van der Waals surface area contributed by atoms with Crippen molar-refractivity contribution in [2.24, 2.45) is 0 Å². The molecule has 0 aliphatic rings. The molecule has 1 rings (SSSR count). The molecule has 0 unspecified atom stereocenters. The van der Waals surface area contributed by atoms with E-state index in [9.17, 15) is 16.8 Å². The van der Waals surface area contributed by atoms with Gasteiger partial charge >= 0.3 is 37.7 Å². The molecule has 0 aromatic heterocycles. The van der Waals surface area contributed by atoms with Crippen molar-refractivity contribution < 1.29 is 21.4 Å². The second-order valence-electron chi connectivity index (χ2n) is 2.95. The van der Waals surface area contributed by atoms with Crippen molar-refractivity contribution in [3.05, 3.63) is 18.2 Å². The summed E-state index contributed by atoms with van der Waals surface area (Å²) >= 11 is 0. The first-order valence-corrected chi connectivity index (χ1v) is 7.02. The molecule has 1 aromatic rings. The van der Waals surface area contributed by atoms with Crippen molar-refractivity contribution >= 4 is 63.4 Å². The topological polar surface area (TPSA) is 115 Å². The van der Waals surface area contributed by atoms with Crippen molar-refractivity contribution in [3.63, 3.8) is 0 Å². The Kier molecular flexibility index (Phi) is 5.24. The van der Waals surface area contributed by atoms with Gasteiger partial charge in [0.05, 0.1) is 15.5 Å². The van der Waals surface area contributed by atoms with Crippen LogP contribution in [0.25, 0.3) is 0 Å². The molecule has 1 aromatic carbocycles. The van der Waals surface area contributed by atoms with Crippen LogP contribution in [0.15, 0.2) is 28.0 Å². The minimum atomic E-state index is -4.42. The molecule has 16 heavy (non-hydrogen) atoms. The first kappa shape index (κ1) is 16.1. The molecule has 0 saturated heterocycles. The molecule has 88 valence electrons. The Balaban J connectivity index is 0.00000225. The van der Waals surface area contributed by atoms with E-state index in [1.54, 1.807) is 0 Å². The third-order valence-electron chi connectivity index (χ3n) is 1.68. The number of rotatable bonds is 2. The predicted octanol–water partition coefficient (Wildman–Crippen LogP) is -0.997. The third kappa shape index (κ3) is 3.86. The van der Waals surface area contributed by atoms with Crippen LogP contribution in [0, 0.1) is 0 Å². The van der Waals surface area contributed by atoms with Crippen molar-refractivity contribution in [2.45, 2.75) is 9.79 Å². The van der Waals surface area contributed by atoms with Gasteiger partial charge in [0.15, 0.2) is 9.84 Å². The van der Waals surface area contributed by atoms with Gasteiger partial charge < -0.3 is 5.73 Å². The molecular weight excluding hydrogens is 282 g/mol. The number of anilines is 1. The summed E-state index contributed by atoms with van der Waals surface area (Å²) in [6, 6.07) is 2.96. The molecule has 0 saturated carbocycles. The zero-order valence-corrected chi connectivity index (χ0v) is 9.34. The van der Waals surface area contributed by atoms with Gasteiger partial charge in [-0.25, -0.2) is 8.42 Å². The van der Waals surface area contributed by atoms with Crippen LogP contribution in [0.5, 0.6) is 0 Å². The normalized spacial score (nSPS) is 11.9. The Morgan fingerprint density at radius 2 is 1.69 bits per heavy atom. The van der Waals surface area contributed by atoms with Crippen molar-refractivity contribution in [3.8, 4) is 0 Å². The summed E-state index contributed by atoms with van der Waals surface area (Å²) in [7, 11) is -8.04. The van der Waals surface area contributed by atoms with E-state index in [0.717, 1.165) is 24.5 Å². The molecule has 9 heteroatoms. The quantitative estimate of drug-likeness (QED) is 0.411. The molecule has 0 aliphatic heterocycles. The Morgan fingerprint density at radius 1 is 1.19 bits per heavy atom. The van der Waals surface area contributed by atoms with Crippen LogP contribution in [0.3, 0.4) is 0 Å². The van der Waals surface area contributed by atoms with E-state index in [0.29, 0.717) is 0 Å². The monoisotopic (exact) mass is 293 g/mol. The van der Waals surface area contributed by atoms with Gasteiger partial charge in [-0.1, -0.05) is 0 Å². The summed E-state index contributed by atoms with van der Waals surface area (Å²) in [6.45, 7) is 0. The van der Waals surface area contributed by atoms with Gasteiger partial charge in [0.2, 0.25) is 0 Å². The van der Waals surface area contributed by atoms with Gasteiger partial charge in [-0.2, -0.15) is 8.42 Å². The number of hydrogen-bond donors (Lipinski definition) is 2. The fraction of sp³-hybridized carbons (Fsp3) is 0.143. The van der Waals surface area contributed by atoms with Crippen LogP contribution in [-0.2, 0) is 20.0 Å². The van der Waals surface area contributed by atoms with Gasteiger partial charge in [0.1, 0.15) is 0 Å². The summed E-state index contributed by atoms with van der Waals surface area (Å²) in [4.78, 5) is -0.824. The van der Waals surface area contributed by atoms with E-state index in [-0.39, 0.29) is 48.3 Å². The maximum atomic E-state index is 11.2. The van der Waals surface area contributed by atoms with E-state index in [1.165, 1.54) is 0 Å². The number of hydrogen-bond acceptors (Lipinski definition) is 5. The van der Waals surface area contributed by atoms with Crippen LogP contribution in [-0.4, -0.2) is 65.4 Å². The molecule has 3 N–H and O–H groups in total. The Labute approximate surface area is 124 Å². The minimum absolute atomic E-state index is 0. The van der Waals surface area contributed by atoms with Gasteiger partial charge in [0.25, 0.3) is 10.1 Å². The van der Waals surface area contributed by atoms with E-state index in [1.807, 2.05) is 0 Å². The van der Waals surface area contributed by atoms with Crippen LogP contribution in [0.2, 0.25) is 0 Å². The zero-order valence-electron chi connectivity index (χ0n) is 7.71. The predicted molar refractivity (Wildman–Crippen MR) is 62.3 cm³/mol. The summed E-state index contributed by atoms with van der Waals surface area (Å²) in [5.74, 6) is 0. The second-order valence-corrected chi connectivity index (χ2v) is 6.35. The summed E-state index contributed by atoms with van der Waals surface area (Å²) < 4.78 is 52.5. The van der Waals surface area contributed by atoms with Crippen molar-refractivity contribution in [1.29, 1.82) is 0 Å². The Bertz CT molecular complexity index is 593. The molecule has 6 nitrogen and oxygen atoms in total. The molecule has 0 radical (unpaired) electrons. The van der Waals surface area contributed by atoms with Crippen LogP contribution >= 0.6 is 0 Å². The molecule has 0 spiro atoms. The summed E-state index contributed by atoms with van der Waals surface area (Å²) in [6.07, 6.45) is 0.895. The third-order valence-corrected chi connectivity index (χ3v) is 3.68. The van der Waals surface area contributed by atoms with Crippen molar-refractivity contribution in [1.82, 2.24) is 0 Å². The number of benzene rings is 1. The first-order valence-electron chi connectivity index (χ1n) is 3.69. The van der Waals surface area contributed by atoms with Crippen LogP contribution < -0.4 is 5.73 Å². The van der Waals surface area contributed by atoms with Gasteiger partial charge in [0, 0.05) is 6.26 Å². The summed E-state index contributed by atoms with van der Waals surface area (Å²) in [5.41, 5.74) is 5.30. The molecule has 0 amide bonds. The molecular formula is C7H11CaNO5S2. The number of nitrogen functional groups attached to an aromatic ring is 1. The zero-order chi connectivity index (χ0) is 11.9. The van der Waals surface area contributed by atoms with Gasteiger partial charge in [-0.05, 0) is 18.2 Å². The molecule has 0 fully saturated rings. The van der Waals surface area contributed by atoms with Crippen LogP contribution in [0.1, 0.15) is 0 Å². The van der Waals surface area contributed by atoms with E-state index in [2.05, 4.69) is 0 Å². The van der Waals surface area contributed by atoms with Gasteiger partial charge in [-0.3, -0.25) is 4.55 Å². The Hall–Kier alpha value is 0.140. The van der Waals surface area contributed by atoms with E-state index in [4.69, 9.17) is 10.3 Å². The summed E-state index contributed by atoms with van der Waals surface area (Å²) in [5, 5.41) is 0. The molecule has 0 heterocycles. The number of nitrogens with two attached hydrogens (primary N) is 1. The maximum absolute atomic E-state index is 11.2. The van der Waals surface area contributed by atoms with E-state index < -0.39 is 24.9 Å². The average Bonchev–Trinajstić information content (AvgIpc) is 2.00. The average molecular weight is 293 g/mol. The Morgan fingerprint density at radius 3 is 2.06 bits per heavy atom. The standard InChI is InChI=1S/C7H9NO5S2.Ca.2H/c1-14(9,10)7-4-5(15(11,12)13)2-3-6(7)8;;;/h2-4H,8H2,1H3,(H,11,12,13);;;. The molecule has 0 atom stereocenters. The molecule has 0 bridgehead atoms. The fourth-order valence-corrected chi connectivity index (χ4v) is 2.41. The second kappa shape index (κ2) is 5.19. The van der Waals surface area contributed by atoms with E-state index >= 15 is 0 Å². The fourth-order valence-electron chi connectivity index (χ4n) is 0.996. The van der Waals surface area contributed by atoms with Gasteiger partial charge in [-0.15, -0.1) is 0 Å². The SMILES string of the molecule is CS(=O)(=O)c1cc(S(=O)(=O)O)ccc1N.[CaH2]. The van der Waals surface area contributed by atoms with Crippen LogP contribution in [0.4, 0.5) is 5.69 Å². The van der Waals surface area contributed by atoms with Crippen molar-refractivity contribution in [2.75, 3.05) is 12.0 Å². The molecule has 0 aliphatic carbocycles.